The number of phenols is 1. The van der Waals surface area contributed by atoms with Crippen LogP contribution in [0.1, 0.15) is 11.1 Å². The number of aliphatic hydroxyl groups excluding tert-OH is 1. The Morgan fingerprint density at radius 2 is 1.84 bits per heavy atom. The van der Waals surface area contributed by atoms with Gasteiger partial charge in [0.2, 0.25) is 0 Å². The molecule has 0 heterocycles. The predicted octanol–water partition coefficient (Wildman–Crippen LogP) is 2.98. The van der Waals surface area contributed by atoms with Crippen molar-refractivity contribution in [3.8, 4) is 11.5 Å². The molecule has 0 aromatic heterocycles. The first kappa shape index (κ1) is 13.2. The Balaban J connectivity index is 2.03. The number of hydrogen-bond donors (Lipinski definition) is 2. The van der Waals surface area contributed by atoms with Gasteiger partial charge in [0, 0.05) is 0 Å². The molecule has 0 amide bonds. The highest BCUT2D eigenvalue weighted by molar-refractivity contribution is 5.55. The van der Waals surface area contributed by atoms with Gasteiger partial charge in [0.1, 0.15) is 6.61 Å². The fourth-order valence-corrected chi connectivity index (χ4v) is 1.68. The van der Waals surface area contributed by atoms with E-state index in [1.807, 2.05) is 36.4 Å². The lowest BCUT2D eigenvalue weighted by Gasteiger charge is -2.08. The van der Waals surface area contributed by atoms with Crippen LogP contribution >= 0.6 is 0 Å². The fourth-order valence-electron chi connectivity index (χ4n) is 1.68. The van der Waals surface area contributed by atoms with Gasteiger partial charge in [-0.3, -0.25) is 0 Å². The fraction of sp³-hybridized carbons (Fsp3) is 0.125. The van der Waals surface area contributed by atoms with Crippen LogP contribution in [0.3, 0.4) is 0 Å². The number of aliphatic hydroxyl groups is 1. The zero-order chi connectivity index (χ0) is 13.5. The zero-order valence-electron chi connectivity index (χ0n) is 10.5. The molecule has 0 atom stereocenters. The first-order valence-electron chi connectivity index (χ1n) is 6.07. The second kappa shape index (κ2) is 6.61. The average Bonchev–Trinajstić information content (AvgIpc) is 2.45. The summed E-state index contributed by atoms with van der Waals surface area (Å²) in [6, 6.07) is 14.9. The van der Waals surface area contributed by atoms with E-state index in [0.717, 1.165) is 11.1 Å². The SMILES string of the molecule is OC/C=C/c1ccc(OCc2ccccc2)c(O)c1. The van der Waals surface area contributed by atoms with Gasteiger partial charge in [-0.15, -0.1) is 0 Å². The van der Waals surface area contributed by atoms with E-state index in [1.165, 1.54) is 0 Å². The number of phenolic OH excluding ortho intramolecular Hbond substituents is 1. The van der Waals surface area contributed by atoms with Gasteiger partial charge in [-0.2, -0.15) is 0 Å². The molecule has 19 heavy (non-hydrogen) atoms. The van der Waals surface area contributed by atoms with E-state index in [0.29, 0.717) is 12.4 Å². The third-order valence-corrected chi connectivity index (χ3v) is 2.64. The van der Waals surface area contributed by atoms with Gasteiger partial charge in [-0.25, -0.2) is 0 Å². The van der Waals surface area contributed by atoms with Crippen LogP contribution in [-0.2, 0) is 6.61 Å². The number of benzene rings is 2. The molecule has 0 spiro atoms. The quantitative estimate of drug-likeness (QED) is 0.864. The molecule has 98 valence electrons. The van der Waals surface area contributed by atoms with Crippen LogP contribution in [0, 0.1) is 0 Å². The highest BCUT2D eigenvalue weighted by atomic mass is 16.5. The normalized spacial score (nSPS) is 10.8. The first-order chi connectivity index (χ1) is 9.29. The molecule has 0 fully saturated rings. The molecule has 0 saturated heterocycles. The number of hydrogen-bond acceptors (Lipinski definition) is 3. The summed E-state index contributed by atoms with van der Waals surface area (Å²) in [5.41, 5.74) is 1.87. The molecule has 2 aromatic carbocycles. The molecule has 0 bridgehead atoms. The molecule has 2 rings (SSSR count). The molecule has 0 aliphatic carbocycles. The monoisotopic (exact) mass is 256 g/mol. The Morgan fingerprint density at radius 1 is 1.05 bits per heavy atom. The van der Waals surface area contributed by atoms with Crippen molar-refractivity contribution >= 4 is 6.08 Å². The van der Waals surface area contributed by atoms with Gasteiger partial charge in [-0.05, 0) is 23.3 Å². The van der Waals surface area contributed by atoms with Crippen LogP contribution < -0.4 is 4.74 Å². The van der Waals surface area contributed by atoms with Gasteiger partial charge in [0.25, 0.3) is 0 Å². The number of aromatic hydroxyl groups is 1. The van der Waals surface area contributed by atoms with E-state index in [2.05, 4.69) is 0 Å². The highest BCUT2D eigenvalue weighted by Gasteiger charge is 2.03. The summed E-state index contributed by atoms with van der Waals surface area (Å²) < 4.78 is 5.56. The molecular formula is C16H16O3. The van der Waals surface area contributed by atoms with Gasteiger partial charge in [0.15, 0.2) is 11.5 Å². The molecular weight excluding hydrogens is 240 g/mol. The van der Waals surface area contributed by atoms with Gasteiger partial charge in [-0.1, -0.05) is 48.6 Å². The van der Waals surface area contributed by atoms with Crippen LogP contribution in [-0.4, -0.2) is 16.8 Å². The van der Waals surface area contributed by atoms with E-state index in [4.69, 9.17) is 9.84 Å². The molecule has 0 aliphatic heterocycles. The minimum Gasteiger partial charge on any atom is -0.504 e. The summed E-state index contributed by atoms with van der Waals surface area (Å²) >= 11 is 0. The Labute approximate surface area is 112 Å². The summed E-state index contributed by atoms with van der Waals surface area (Å²) in [5, 5.41) is 18.5. The van der Waals surface area contributed by atoms with Crippen LogP contribution in [0.4, 0.5) is 0 Å². The van der Waals surface area contributed by atoms with Crippen LogP contribution in [0.25, 0.3) is 6.08 Å². The van der Waals surface area contributed by atoms with Crippen molar-refractivity contribution in [3.05, 3.63) is 65.7 Å². The highest BCUT2D eigenvalue weighted by Crippen LogP contribution is 2.28. The van der Waals surface area contributed by atoms with Crippen LogP contribution in [0.15, 0.2) is 54.6 Å². The Kier molecular flexibility index (Phi) is 4.59. The van der Waals surface area contributed by atoms with E-state index in [9.17, 15) is 5.11 Å². The lowest BCUT2D eigenvalue weighted by Crippen LogP contribution is -1.95. The third kappa shape index (κ3) is 3.86. The topological polar surface area (TPSA) is 49.7 Å². The summed E-state index contributed by atoms with van der Waals surface area (Å²) in [4.78, 5) is 0. The molecule has 0 radical (unpaired) electrons. The maximum Gasteiger partial charge on any atom is 0.161 e. The standard InChI is InChI=1S/C16H16O3/c17-10-4-7-13-8-9-16(15(18)11-13)19-12-14-5-2-1-3-6-14/h1-9,11,17-18H,10,12H2/b7-4+. The largest absolute Gasteiger partial charge is 0.504 e. The molecule has 0 saturated carbocycles. The van der Waals surface area contributed by atoms with Gasteiger partial charge < -0.3 is 14.9 Å². The van der Waals surface area contributed by atoms with Crippen molar-refractivity contribution in [2.45, 2.75) is 6.61 Å². The Morgan fingerprint density at radius 3 is 2.53 bits per heavy atom. The number of ether oxygens (including phenoxy) is 1. The summed E-state index contributed by atoms with van der Waals surface area (Å²) in [6.45, 7) is 0.396. The second-order valence-corrected chi connectivity index (χ2v) is 4.09. The van der Waals surface area contributed by atoms with Crippen molar-refractivity contribution in [1.82, 2.24) is 0 Å². The lowest BCUT2D eigenvalue weighted by atomic mass is 10.2. The Hall–Kier alpha value is -2.26. The van der Waals surface area contributed by atoms with E-state index in [-0.39, 0.29) is 12.4 Å². The maximum atomic E-state index is 9.85. The minimum absolute atomic E-state index is 0.0208. The molecule has 0 aliphatic rings. The van der Waals surface area contributed by atoms with Crippen LogP contribution in [0.2, 0.25) is 0 Å². The van der Waals surface area contributed by atoms with Crippen molar-refractivity contribution in [2.24, 2.45) is 0 Å². The molecule has 3 nitrogen and oxygen atoms in total. The lowest BCUT2D eigenvalue weighted by molar-refractivity contribution is 0.289. The van der Waals surface area contributed by atoms with Crippen molar-refractivity contribution in [3.63, 3.8) is 0 Å². The molecule has 2 aromatic rings. The second-order valence-electron chi connectivity index (χ2n) is 4.09. The van der Waals surface area contributed by atoms with Crippen molar-refractivity contribution in [1.29, 1.82) is 0 Å². The zero-order valence-corrected chi connectivity index (χ0v) is 10.5. The van der Waals surface area contributed by atoms with Crippen molar-refractivity contribution in [2.75, 3.05) is 6.61 Å². The molecule has 2 N–H and O–H groups in total. The average molecular weight is 256 g/mol. The maximum absolute atomic E-state index is 9.85. The van der Waals surface area contributed by atoms with E-state index < -0.39 is 0 Å². The van der Waals surface area contributed by atoms with Gasteiger partial charge >= 0.3 is 0 Å². The molecule has 0 unspecified atom stereocenters. The Bertz CT molecular complexity index is 547. The van der Waals surface area contributed by atoms with Crippen molar-refractivity contribution < 1.29 is 14.9 Å². The first-order valence-corrected chi connectivity index (χ1v) is 6.07. The van der Waals surface area contributed by atoms with Gasteiger partial charge in [0.05, 0.1) is 6.61 Å². The minimum atomic E-state index is -0.0208. The van der Waals surface area contributed by atoms with Crippen LogP contribution in [0.5, 0.6) is 11.5 Å². The summed E-state index contributed by atoms with van der Waals surface area (Å²) in [6.07, 6.45) is 3.35. The summed E-state index contributed by atoms with van der Waals surface area (Å²) in [5.74, 6) is 0.543. The smallest absolute Gasteiger partial charge is 0.161 e. The number of rotatable bonds is 5. The predicted molar refractivity (Wildman–Crippen MR) is 75.0 cm³/mol. The third-order valence-electron chi connectivity index (χ3n) is 2.64. The summed E-state index contributed by atoms with van der Waals surface area (Å²) in [7, 11) is 0. The van der Waals surface area contributed by atoms with E-state index in [1.54, 1.807) is 24.3 Å². The molecule has 3 heteroatoms. The van der Waals surface area contributed by atoms with E-state index >= 15 is 0 Å².